The molecular formula is C24H26N6O. The molecule has 1 aliphatic heterocycles. The van der Waals surface area contributed by atoms with Gasteiger partial charge in [0.2, 0.25) is 5.95 Å². The van der Waals surface area contributed by atoms with Crippen LogP contribution < -0.4 is 10.5 Å². The van der Waals surface area contributed by atoms with E-state index in [-0.39, 0.29) is 5.56 Å². The van der Waals surface area contributed by atoms with Crippen LogP contribution in [0.4, 0.5) is 5.95 Å². The Hall–Kier alpha value is -3.45. The summed E-state index contributed by atoms with van der Waals surface area (Å²) in [6.45, 7) is 3.69. The summed E-state index contributed by atoms with van der Waals surface area (Å²) >= 11 is 0. The fourth-order valence-electron chi connectivity index (χ4n) is 4.44. The number of aryl methyl sites for hydroxylation is 1. The summed E-state index contributed by atoms with van der Waals surface area (Å²) in [5.41, 5.74) is 3.86. The molecule has 3 heterocycles. The number of nitrogens with one attached hydrogen (secondary N) is 1. The van der Waals surface area contributed by atoms with Crippen LogP contribution in [0, 0.1) is 6.92 Å². The number of aromatic amines is 1. The third kappa shape index (κ3) is 3.51. The van der Waals surface area contributed by atoms with Gasteiger partial charge in [-0.05, 0) is 38.7 Å². The van der Waals surface area contributed by atoms with E-state index in [0.29, 0.717) is 28.9 Å². The number of aromatic nitrogens is 4. The molecule has 2 aromatic carbocycles. The quantitative estimate of drug-likeness (QED) is 0.556. The van der Waals surface area contributed by atoms with Gasteiger partial charge in [0, 0.05) is 25.0 Å². The molecule has 0 saturated carbocycles. The van der Waals surface area contributed by atoms with Gasteiger partial charge in [0.25, 0.3) is 5.56 Å². The van der Waals surface area contributed by atoms with Crippen LogP contribution in [0.2, 0.25) is 0 Å². The zero-order chi connectivity index (χ0) is 21.5. The normalized spacial score (nSPS) is 18.9. The highest BCUT2D eigenvalue weighted by molar-refractivity contribution is 5.76. The maximum absolute atomic E-state index is 12.8. The Morgan fingerprint density at radius 1 is 1.03 bits per heavy atom. The fraction of sp³-hybridized carbons (Fsp3) is 0.292. The first-order valence-electron chi connectivity index (χ1n) is 10.5. The first-order valence-corrected chi connectivity index (χ1v) is 10.5. The number of hydrogen-bond acceptors (Lipinski definition) is 5. The SMILES string of the molecule is Cc1ccc([C@H]2CN(c3nc4c(cnn4-c4ccccc4)c(=O)[nH]3)C[C@@H]2N(C)C)cc1. The molecule has 0 amide bonds. The number of benzene rings is 2. The minimum Gasteiger partial charge on any atom is -0.340 e. The molecule has 0 bridgehead atoms. The van der Waals surface area contributed by atoms with Gasteiger partial charge in [0.15, 0.2) is 5.65 Å². The number of rotatable bonds is 4. The third-order valence-electron chi connectivity index (χ3n) is 6.18. The number of anilines is 1. The number of fused-ring (bicyclic) bond motifs is 1. The Morgan fingerprint density at radius 2 is 1.77 bits per heavy atom. The van der Waals surface area contributed by atoms with Crippen molar-refractivity contribution < 1.29 is 0 Å². The van der Waals surface area contributed by atoms with Crippen molar-refractivity contribution >= 4 is 17.0 Å². The second-order valence-corrected chi connectivity index (χ2v) is 8.47. The molecule has 2 aromatic heterocycles. The van der Waals surface area contributed by atoms with E-state index < -0.39 is 0 Å². The van der Waals surface area contributed by atoms with E-state index in [9.17, 15) is 4.79 Å². The van der Waals surface area contributed by atoms with Gasteiger partial charge in [0.05, 0.1) is 11.9 Å². The first kappa shape index (κ1) is 19.5. The molecule has 1 N–H and O–H groups in total. The van der Waals surface area contributed by atoms with Gasteiger partial charge in [-0.2, -0.15) is 10.1 Å². The van der Waals surface area contributed by atoms with Gasteiger partial charge in [-0.15, -0.1) is 0 Å². The molecule has 158 valence electrons. The summed E-state index contributed by atoms with van der Waals surface area (Å²) in [5.74, 6) is 0.923. The molecule has 2 atom stereocenters. The molecule has 1 aliphatic rings. The summed E-state index contributed by atoms with van der Waals surface area (Å²) in [7, 11) is 4.22. The van der Waals surface area contributed by atoms with Crippen LogP contribution in [0.15, 0.2) is 65.6 Å². The van der Waals surface area contributed by atoms with Gasteiger partial charge in [-0.3, -0.25) is 9.78 Å². The minimum absolute atomic E-state index is 0.164. The Kier molecular flexibility index (Phi) is 4.82. The van der Waals surface area contributed by atoms with Crippen molar-refractivity contribution in [1.82, 2.24) is 24.6 Å². The average Bonchev–Trinajstić information content (AvgIpc) is 3.40. The Bertz CT molecular complexity index is 1260. The molecule has 1 fully saturated rings. The van der Waals surface area contributed by atoms with Crippen LogP contribution in [-0.2, 0) is 0 Å². The van der Waals surface area contributed by atoms with E-state index in [0.717, 1.165) is 18.8 Å². The number of para-hydroxylation sites is 1. The second kappa shape index (κ2) is 7.67. The van der Waals surface area contributed by atoms with Gasteiger partial charge < -0.3 is 9.80 Å². The van der Waals surface area contributed by atoms with Crippen molar-refractivity contribution in [2.75, 3.05) is 32.1 Å². The van der Waals surface area contributed by atoms with Crippen LogP contribution in [0.25, 0.3) is 16.7 Å². The maximum Gasteiger partial charge on any atom is 0.263 e. The molecule has 5 rings (SSSR count). The number of H-pyrrole nitrogens is 1. The van der Waals surface area contributed by atoms with Crippen LogP contribution in [-0.4, -0.2) is 57.9 Å². The summed E-state index contributed by atoms with van der Waals surface area (Å²) in [6, 6.07) is 18.8. The third-order valence-corrected chi connectivity index (χ3v) is 6.18. The van der Waals surface area contributed by atoms with Crippen LogP contribution >= 0.6 is 0 Å². The molecule has 1 saturated heterocycles. The van der Waals surface area contributed by atoms with E-state index >= 15 is 0 Å². The lowest BCUT2D eigenvalue weighted by molar-refractivity contribution is 0.292. The highest BCUT2D eigenvalue weighted by atomic mass is 16.1. The predicted molar refractivity (Wildman–Crippen MR) is 123 cm³/mol. The Morgan fingerprint density at radius 3 is 2.48 bits per heavy atom. The van der Waals surface area contributed by atoms with Gasteiger partial charge >= 0.3 is 0 Å². The Balaban J connectivity index is 1.54. The number of likely N-dealkylation sites (N-methyl/N-ethyl adjacent to an activating group) is 1. The van der Waals surface area contributed by atoms with Crippen molar-refractivity contribution in [2.45, 2.75) is 18.9 Å². The molecule has 4 aromatic rings. The molecule has 7 nitrogen and oxygen atoms in total. The fourth-order valence-corrected chi connectivity index (χ4v) is 4.44. The topological polar surface area (TPSA) is 70.0 Å². The summed E-state index contributed by atoms with van der Waals surface area (Å²) in [6.07, 6.45) is 1.58. The smallest absolute Gasteiger partial charge is 0.263 e. The van der Waals surface area contributed by atoms with Crippen molar-refractivity contribution in [3.8, 4) is 5.69 Å². The van der Waals surface area contributed by atoms with Gasteiger partial charge in [0.1, 0.15) is 5.39 Å². The van der Waals surface area contributed by atoms with E-state index in [1.165, 1.54) is 11.1 Å². The lowest BCUT2D eigenvalue weighted by Crippen LogP contribution is -2.35. The monoisotopic (exact) mass is 414 g/mol. The van der Waals surface area contributed by atoms with Crippen molar-refractivity contribution in [3.05, 3.63) is 82.3 Å². The average molecular weight is 415 g/mol. The molecule has 0 spiro atoms. The lowest BCUT2D eigenvalue weighted by Gasteiger charge is -2.25. The minimum atomic E-state index is -0.164. The van der Waals surface area contributed by atoms with Crippen molar-refractivity contribution in [2.24, 2.45) is 0 Å². The predicted octanol–water partition coefficient (Wildman–Crippen LogP) is 2.95. The molecular weight excluding hydrogens is 388 g/mol. The Labute approximate surface area is 181 Å². The zero-order valence-electron chi connectivity index (χ0n) is 18.0. The van der Waals surface area contributed by atoms with Gasteiger partial charge in [-0.25, -0.2) is 4.68 Å². The summed E-state index contributed by atoms with van der Waals surface area (Å²) in [5, 5.41) is 4.91. The maximum atomic E-state index is 12.8. The highest BCUT2D eigenvalue weighted by Crippen LogP contribution is 2.32. The van der Waals surface area contributed by atoms with E-state index in [2.05, 4.69) is 65.2 Å². The second-order valence-electron chi connectivity index (χ2n) is 8.47. The van der Waals surface area contributed by atoms with Crippen LogP contribution in [0.3, 0.4) is 0 Å². The molecule has 7 heteroatoms. The molecule has 31 heavy (non-hydrogen) atoms. The van der Waals surface area contributed by atoms with E-state index in [1.54, 1.807) is 10.9 Å². The van der Waals surface area contributed by atoms with Crippen molar-refractivity contribution in [3.63, 3.8) is 0 Å². The lowest BCUT2D eigenvalue weighted by atomic mass is 9.93. The summed E-state index contributed by atoms with van der Waals surface area (Å²) < 4.78 is 1.73. The number of nitrogens with zero attached hydrogens (tertiary/aromatic N) is 5. The van der Waals surface area contributed by atoms with Crippen LogP contribution in [0.1, 0.15) is 17.0 Å². The van der Waals surface area contributed by atoms with Gasteiger partial charge in [-0.1, -0.05) is 48.0 Å². The van der Waals surface area contributed by atoms with Crippen molar-refractivity contribution in [1.29, 1.82) is 0 Å². The molecule has 0 radical (unpaired) electrons. The highest BCUT2D eigenvalue weighted by Gasteiger charge is 2.36. The van der Waals surface area contributed by atoms with Crippen LogP contribution in [0.5, 0.6) is 0 Å². The first-order chi connectivity index (χ1) is 15.0. The summed E-state index contributed by atoms with van der Waals surface area (Å²) in [4.78, 5) is 25.1. The standard InChI is InChI=1S/C24H26N6O/c1-16-9-11-17(12-10-16)20-14-29(15-21(20)28(2)3)24-26-22-19(23(31)27-24)13-25-30(22)18-7-5-4-6-8-18/h4-13,20-21H,14-15H2,1-3H3,(H,26,27,31)/t20-,21+/m1/s1. The molecule has 0 unspecified atom stereocenters. The molecule has 0 aliphatic carbocycles. The largest absolute Gasteiger partial charge is 0.340 e. The zero-order valence-corrected chi connectivity index (χ0v) is 18.0. The van der Waals surface area contributed by atoms with E-state index in [4.69, 9.17) is 4.98 Å². The number of hydrogen-bond donors (Lipinski definition) is 1. The van der Waals surface area contributed by atoms with E-state index in [1.807, 2.05) is 30.3 Å².